The van der Waals surface area contributed by atoms with Gasteiger partial charge in [0.1, 0.15) is 0 Å². The van der Waals surface area contributed by atoms with E-state index in [1.807, 2.05) is 59.5 Å². The van der Waals surface area contributed by atoms with E-state index < -0.39 is 0 Å². The first-order valence-electron chi connectivity index (χ1n) is 12.1. The van der Waals surface area contributed by atoms with Crippen LogP contribution in [-0.4, -0.2) is 75.7 Å². The van der Waals surface area contributed by atoms with Crippen molar-refractivity contribution in [3.05, 3.63) is 65.7 Å². The number of carbonyl (C=O) groups excluding carboxylic acids is 2. The minimum atomic E-state index is -0.165. The summed E-state index contributed by atoms with van der Waals surface area (Å²) in [7, 11) is 4.82. The van der Waals surface area contributed by atoms with E-state index in [0.29, 0.717) is 49.0 Å². The molecule has 1 heterocycles. The molecule has 0 bridgehead atoms. The fraction of sp³-hybridized carbons (Fsp3) is 0.357. The zero-order valence-corrected chi connectivity index (χ0v) is 21.1. The Bertz CT molecular complexity index is 1220. The maximum Gasteiger partial charge on any atom is 0.251 e. The number of benzene rings is 3. The maximum absolute atomic E-state index is 12.7. The molecule has 0 aromatic heterocycles. The van der Waals surface area contributed by atoms with E-state index in [1.54, 1.807) is 21.3 Å². The number of hydrogen-bond acceptors (Lipinski definition) is 6. The molecule has 0 atom stereocenters. The van der Waals surface area contributed by atoms with Gasteiger partial charge >= 0.3 is 0 Å². The maximum atomic E-state index is 12.7. The molecule has 36 heavy (non-hydrogen) atoms. The summed E-state index contributed by atoms with van der Waals surface area (Å²) in [6.45, 7) is 3.81. The molecule has 190 valence electrons. The fourth-order valence-electron chi connectivity index (χ4n) is 4.56. The van der Waals surface area contributed by atoms with Crippen molar-refractivity contribution < 1.29 is 23.8 Å². The van der Waals surface area contributed by atoms with Crippen LogP contribution in [0.5, 0.6) is 17.2 Å². The van der Waals surface area contributed by atoms with Gasteiger partial charge in [-0.15, -0.1) is 0 Å². The van der Waals surface area contributed by atoms with E-state index in [1.165, 1.54) is 0 Å². The van der Waals surface area contributed by atoms with Gasteiger partial charge in [0, 0.05) is 56.8 Å². The number of nitrogens with one attached hydrogen (secondary N) is 1. The Kier molecular flexibility index (Phi) is 8.28. The molecule has 8 heteroatoms. The normalized spacial score (nSPS) is 13.9. The number of ether oxygens (including phenoxy) is 3. The Morgan fingerprint density at radius 2 is 1.56 bits per heavy atom. The van der Waals surface area contributed by atoms with Crippen LogP contribution in [0, 0.1) is 0 Å². The van der Waals surface area contributed by atoms with Gasteiger partial charge in [-0.05, 0) is 29.0 Å². The number of carbonyl (C=O) groups is 2. The topological polar surface area (TPSA) is 80.3 Å². The van der Waals surface area contributed by atoms with Gasteiger partial charge < -0.3 is 24.4 Å². The molecule has 2 amide bonds. The van der Waals surface area contributed by atoms with Gasteiger partial charge in [-0.1, -0.05) is 36.4 Å². The molecule has 0 radical (unpaired) electrons. The fourth-order valence-corrected chi connectivity index (χ4v) is 4.56. The number of hydrogen-bond donors (Lipinski definition) is 1. The largest absolute Gasteiger partial charge is 0.493 e. The lowest BCUT2D eigenvalue weighted by Gasteiger charge is -2.35. The summed E-state index contributed by atoms with van der Waals surface area (Å²) in [4.78, 5) is 29.4. The van der Waals surface area contributed by atoms with Crippen molar-refractivity contribution in [3.63, 3.8) is 0 Å². The third-order valence-electron chi connectivity index (χ3n) is 6.54. The van der Waals surface area contributed by atoms with Gasteiger partial charge in [0.05, 0.1) is 21.3 Å². The second kappa shape index (κ2) is 11.8. The lowest BCUT2D eigenvalue weighted by molar-refractivity contribution is -0.132. The molecule has 1 fully saturated rings. The highest BCUT2D eigenvalue weighted by Gasteiger charge is 2.23. The average Bonchev–Trinajstić information content (AvgIpc) is 2.92. The van der Waals surface area contributed by atoms with E-state index in [2.05, 4.69) is 10.2 Å². The highest BCUT2D eigenvalue weighted by atomic mass is 16.5. The molecule has 3 aromatic rings. The first-order valence-corrected chi connectivity index (χ1v) is 12.1. The molecule has 4 rings (SSSR count). The third-order valence-corrected chi connectivity index (χ3v) is 6.54. The van der Waals surface area contributed by atoms with Crippen molar-refractivity contribution in [2.45, 2.75) is 13.0 Å². The SMILES string of the molecule is COc1ccc(CN2CCN(C(=O)CCNC(=O)c3ccc4ccccc4c3)CC2)c(OC)c1OC. The molecule has 1 aliphatic rings. The highest BCUT2D eigenvalue weighted by molar-refractivity contribution is 5.98. The van der Waals surface area contributed by atoms with Crippen LogP contribution in [0.25, 0.3) is 10.8 Å². The summed E-state index contributed by atoms with van der Waals surface area (Å²) in [6.07, 6.45) is 0.281. The predicted molar refractivity (Wildman–Crippen MR) is 139 cm³/mol. The summed E-state index contributed by atoms with van der Waals surface area (Å²) in [5.74, 6) is 1.76. The molecule has 1 aliphatic heterocycles. The first kappa shape index (κ1) is 25.3. The Balaban J connectivity index is 1.24. The molecule has 8 nitrogen and oxygen atoms in total. The summed E-state index contributed by atoms with van der Waals surface area (Å²) in [6, 6.07) is 17.4. The van der Waals surface area contributed by atoms with Gasteiger partial charge in [-0.2, -0.15) is 0 Å². The second-order valence-corrected chi connectivity index (χ2v) is 8.72. The minimum Gasteiger partial charge on any atom is -0.493 e. The van der Waals surface area contributed by atoms with Crippen LogP contribution in [0.2, 0.25) is 0 Å². The monoisotopic (exact) mass is 491 g/mol. The molecule has 0 aliphatic carbocycles. The van der Waals surface area contributed by atoms with Crippen molar-refractivity contribution in [3.8, 4) is 17.2 Å². The van der Waals surface area contributed by atoms with Crippen molar-refractivity contribution in [2.75, 3.05) is 54.1 Å². The third kappa shape index (κ3) is 5.71. The summed E-state index contributed by atoms with van der Waals surface area (Å²) < 4.78 is 16.4. The number of nitrogens with zero attached hydrogens (tertiary/aromatic N) is 2. The van der Waals surface area contributed by atoms with Crippen LogP contribution in [0.4, 0.5) is 0 Å². The van der Waals surface area contributed by atoms with E-state index in [4.69, 9.17) is 14.2 Å². The van der Waals surface area contributed by atoms with Gasteiger partial charge in [-0.25, -0.2) is 0 Å². The van der Waals surface area contributed by atoms with Crippen molar-refractivity contribution in [1.29, 1.82) is 0 Å². The van der Waals surface area contributed by atoms with Gasteiger partial charge in [-0.3, -0.25) is 14.5 Å². The summed E-state index contributed by atoms with van der Waals surface area (Å²) in [5, 5.41) is 4.98. The quantitative estimate of drug-likeness (QED) is 0.495. The van der Waals surface area contributed by atoms with E-state index in [-0.39, 0.29) is 18.2 Å². The standard InChI is InChI=1S/C28H33N3O5/c1-34-24-11-10-23(26(35-2)27(24)36-3)19-30-14-16-31(17-15-30)25(32)12-13-29-28(33)22-9-8-20-6-4-5-7-21(20)18-22/h4-11,18H,12-17,19H2,1-3H3,(H,29,33). The van der Waals surface area contributed by atoms with Crippen LogP contribution in [0.15, 0.2) is 54.6 Å². The molecular formula is C28H33N3O5. The predicted octanol–water partition coefficient (Wildman–Crippen LogP) is 3.33. The summed E-state index contributed by atoms with van der Waals surface area (Å²) in [5.41, 5.74) is 1.60. The Hall–Kier alpha value is -3.78. The van der Waals surface area contributed by atoms with Crippen molar-refractivity contribution >= 4 is 22.6 Å². The smallest absolute Gasteiger partial charge is 0.251 e. The summed E-state index contributed by atoms with van der Waals surface area (Å²) >= 11 is 0. The van der Waals surface area contributed by atoms with E-state index in [9.17, 15) is 9.59 Å². The van der Waals surface area contributed by atoms with Crippen molar-refractivity contribution in [1.82, 2.24) is 15.1 Å². The second-order valence-electron chi connectivity index (χ2n) is 8.72. The Morgan fingerprint density at radius 3 is 2.25 bits per heavy atom. The molecule has 0 spiro atoms. The number of amides is 2. The molecule has 3 aromatic carbocycles. The Morgan fingerprint density at radius 1 is 0.833 bits per heavy atom. The lowest BCUT2D eigenvalue weighted by Crippen LogP contribution is -2.48. The van der Waals surface area contributed by atoms with Crippen LogP contribution in [0.3, 0.4) is 0 Å². The lowest BCUT2D eigenvalue weighted by atomic mass is 10.1. The highest BCUT2D eigenvalue weighted by Crippen LogP contribution is 2.40. The zero-order chi connectivity index (χ0) is 25.5. The Labute approximate surface area is 211 Å². The van der Waals surface area contributed by atoms with Crippen LogP contribution in [-0.2, 0) is 11.3 Å². The van der Waals surface area contributed by atoms with Gasteiger partial charge in [0.25, 0.3) is 5.91 Å². The van der Waals surface area contributed by atoms with Crippen LogP contribution >= 0.6 is 0 Å². The van der Waals surface area contributed by atoms with Gasteiger partial charge in [0.15, 0.2) is 11.5 Å². The van der Waals surface area contributed by atoms with Crippen LogP contribution in [0.1, 0.15) is 22.3 Å². The number of methoxy groups -OCH3 is 3. The number of piperazine rings is 1. The van der Waals surface area contributed by atoms with E-state index in [0.717, 1.165) is 29.4 Å². The van der Waals surface area contributed by atoms with Crippen LogP contribution < -0.4 is 19.5 Å². The number of fused-ring (bicyclic) bond motifs is 1. The molecule has 0 unspecified atom stereocenters. The average molecular weight is 492 g/mol. The molecule has 0 saturated carbocycles. The van der Waals surface area contributed by atoms with Crippen molar-refractivity contribution in [2.24, 2.45) is 0 Å². The molecular weight excluding hydrogens is 458 g/mol. The number of rotatable bonds is 9. The van der Waals surface area contributed by atoms with E-state index >= 15 is 0 Å². The first-order chi connectivity index (χ1) is 17.5. The minimum absolute atomic E-state index is 0.0529. The van der Waals surface area contributed by atoms with Gasteiger partial charge in [0.2, 0.25) is 11.7 Å². The molecule has 1 N–H and O–H groups in total. The molecule has 1 saturated heterocycles. The zero-order valence-electron chi connectivity index (χ0n) is 21.1.